The van der Waals surface area contributed by atoms with Crippen LogP contribution in [0.1, 0.15) is 0 Å². The molecule has 3 aliphatic heterocycles. The van der Waals surface area contributed by atoms with Crippen LogP contribution >= 0.6 is 0 Å². The van der Waals surface area contributed by atoms with Gasteiger partial charge in [-0.15, -0.1) is 0 Å². The topological polar surface area (TPSA) is 113 Å². The molecular weight excluding hydrogens is 735 g/mol. The highest BCUT2D eigenvalue weighted by Gasteiger charge is 2.10. The molecule has 0 fully saturated rings. The standard InChI is InChI=1S/C47H45N3O8/c1-2-38-32-41(3-1)57-30-26-53-22-20-51-24-28-55-39-12-6-34(7-13-39)43-16-10-36-4-5-37-11-17-44(50-47(37)46(36)49-43)35-8-14-40(15-9-35)56-29-25-52-21-23-54-27-31-58-42-18-19-48-45(38)33-42/h1-19,32-33H,20-31H2. The lowest BCUT2D eigenvalue weighted by atomic mass is 10.1. The van der Waals surface area contributed by atoms with Crippen molar-refractivity contribution in [2.75, 3.05) is 79.3 Å². The molecule has 58 heavy (non-hydrogen) atoms. The molecule has 0 amide bonds. The van der Waals surface area contributed by atoms with Crippen LogP contribution in [0.25, 0.3) is 55.6 Å². The van der Waals surface area contributed by atoms with E-state index in [0.717, 1.165) is 72.8 Å². The number of rotatable bonds is 0. The minimum absolute atomic E-state index is 0.405. The van der Waals surface area contributed by atoms with Crippen LogP contribution < -0.4 is 18.9 Å². The van der Waals surface area contributed by atoms with Crippen LogP contribution in [0, 0.1) is 0 Å². The predicted molar refractivity (Wildman–Crippen MR) is 223 cm³/mol. The Morgan fingerprint density at radius 2 is 0.759 bits per heavy atom. The van der Waals surface area contributed by atoms with Crippen LogP contribution in [0.15, 0.2) is 128 Å². The number of ether oxygens (including phenoxy) is 8. The Morgan fingerprint density at radius 1 is 0.328 bits per heavy atom. The molecule has 10 rings (SSSR count). The first-order chi connectivity index (χ1) is 28.7. The summed E-state index contributed by atoms with van der Waals surface area (Å²) in [4.78, 5) is 14.7. The number of fused-ring (bicyclic) bond motifs is 2. The second kappa shape index (κ2) is 19.8. The average molecular weight is 780 g/mol. The lowest BCUT2D eigenvalue weighted by molar-refractivity contribution is 0.0273. The summed E-state index contributed by atoms with van der Waals surface area (Å²) in [5.74, 6) is 2.97. The minimum Gasteiger partial charge on any atom is -0.491 e. The zero-order valence-corrected chi connectivity index (χ0v) is 32.2. The second-order valence-corrected chi connectivity index (χ2v) is 13.4. The average Bonchev–Trinajstić information content (AvgIpc) is 3.27. The number of nitrogens with zero attached hydrogens (tertiary/aromatic N) is 3. The molecule has 4 aromatic carbocycles. The van der Waals surface area contributed by atoms with Crippen molar-refractivity contribution in [1.82, 2.24) is 15.0 Å². The largest absolute Gasteiger partial charge is 0.491 e. The first kappa shape index (κ1) is 38.7. The third-order valence-electron chi connectivity index (χ3n) is 9.41. The van der Waals surface area contributed by atoms with Crippen molar-refractivity contribution in [3.63, 3.8) is 0 Å². The van der Waals surface area contributed by atoms with Gasteiger partial charge in [-0.25, -0.2) is 9.97 Å². The summed E-state index contributed by atoms with van der Waals surface area (Å²) in [6.07, 6.45) is 1.73. The van der Waals surface area contributed by atoms with Gasteiger partial charge in [0.1, 0.15) is 49.4 Å². The van der Waals surface area contributed by atoms with Crippen molar-refractivity contribution in [3.8, 4) is 56.8 Å². The van der Waals surface area contributed by atoms with E-state index >= 15 is 0 Å². The smallest absolute Gasteiger partial charge is 0.123 e. The fourth-order valence-electron chi connectivity index (χ4n) is 6.45. The number of aromatic nitrogens is 3. The van der Waals surface area contributed by atoms with Crippen molar-refractivity contribution in [1.29, 1.82) is 0 Å². The molecule has 0 aliphatic carbocycles. The van der Waals surface area contributed by atoms with Gasteiger partial charge in [-0.1, -0.05) is 36.4 Å². The Hall–Kier alpha value is -6.11. The molecule has 0 saturated heterocycles. The van der Waals surface area contributed by atoms with Gasteiger partial charge in [0.05, 0.1) is 81.0 Å². The van der Waals surface area contributed by atoms with E-state index in [4.69, 9.17) is 47.9 Å². The molecule has 0 atom stereocenters. The Balaban J connectivity index is 0.910. The molecule has 12 bridgehead atoms. The predicted octanol–water partition coefficient (Wildman–Crippen LogP) is 8.47. The lowest BCUT2D eigenvalue weighted by Gasteiger charge is -2.11. The van der Waals surface area contributed by atoms with E-state index in [2.05, 4.69) is 29.2 Å². The molecule has 0 radical (unpaired) electrons. The zero-order chi connectivity index (χ0) is 39.2. The Kier molecular flexibility index (Phi) is 13.3. The van der Waals surface area contributed by atoms with Gasteiger partial charge in [0, 0.05) is 39.7 Å². The number of pyridine rings is 3. The molecule has 0 spiro atoms. The Labute approximate surface area is 337 Å². The van der Waals surface area contributed by atoms with E-state index in [1.165, 1.54) is 0 Å². The quantitative estimate of drug-likeness (QED) is 0.138. The maximum atomic E-state index is 5.93. The fraction of sp³-hybridized carbons (Fsp3) is 0.255. The maximum Gasteiger partial charge on any atom is 0.123 e. The van der Waals surface area contributed by atoms with Crippen LogP contribution in [-0.2, 0) is 18.9 Å². The van der Waals surface area contributed by atoms with E-state index in [0.29, 0.717) is 85.0 Å². The first-order valence-electron chi connectivity index (χ1n) is 19.6. The Bertz CT molecular complexity index is 2220. The summed E-state index contributed by atoms with van der Waals surface area (Å²) in [6, 6.07) is 39.9. The molecule has 6 heterocycles. The van der Waals surface area contributed by atoms with E-state index in [-0.39, 0.29) is 0 Å². The second-order valence-electron chi connectivity index (χ2n) is 13.4. The van der Waals surface area contributed by atoms with Crippen molar-refractivity contribution >= 4 is 21.8 Å². The third kappa shape index (κ3) is 10.4. The highest BCUT2D eigenvalue weighted by molar-refractivity contribution is 6.04. The molecule has 296 valence electrons. The van der Waals surface area contributed by atoms with Gasteiger partial charge in [-0.3, -0.25) is 4.98 Å². The third-order valence-corrected chi connectivity index (χ3v) is 9.41. The summed E-state index contributed by atoms with van der Waals surface area (Å²) in [7, 11) is 0. The van der Waals surface area contributed by atoms with Crippen LogP contribution in [0.2, 0.25) is 0 Å². The first-order valence-corrected chi connectivity index (χ1v) is 19.6. The highest BCUT2D eigenvalue weighted by Crippen LogP contribution is 2.30. The van der Waals surface area contributed by atoms with Crippen LogP contribution in [0.5, 0.6) is 23.0 Å². The summed E-state index contributed by atoms with van der Waals surface area (Å²) >= 11 is 0. The van der Waals surface area contributed by atoms with Gasteiger partial charge in [-0.05, 0) is 78.9 Å². The van der Waals surface area contributed by atoms with E-state index in [1.807, 2.05) is 97.1 Å². The summed E-state index contributed by atoms with van der Waals surface area (Å²) in [5, 5.41) is 2.06. The van der Waals surface area contributed by atoms with Gasteiger partial charge >= 0.3 is 0 Å². The van der Waals surface area contributed by atoms with E-state index in [1.54, 1.807) is 6.20 Å². The van der Waals surface area contributed by atoms with Gasteiger partial charge in [0.2, 0.25) is 0 Å². The molecule has 0 unspecified atom stereocenters. The zero-order valence-electron chi connectivity index (χ0n) is 32.2. The number of hydrogen-bond donors (Lipinski definition) is 0. The normalized spacial score (nSPS) is 15.4. The van der Waals surface area contributed by atoms with Gasteiger partial charge < -0.3 is 37.9 Å². The Morgan fingerprint density at radius 3 is 1.26 bits per heavy atom. The lowest BCUT2D eigenvalue weighted by Crippen LogP contribution is -2.13. The van der Waals surface area contributed by atoms with Crippen molar-refractivity contribution in [3.05, 3.63) is 128 Å². The fourth-order valence-corrected chi connectivity index (χ4v) is 6.45. The van der Waals surface area contributed by atoms with Crippen molar-refractivity contribution < 1.29 is 37.9 Å². The summed E-state index contributed by atoms with van der Waals surface area (Å²) < 4.78 is 46.6. The molecule has 11 nitrogen and oxygen atoms in total. The number of benzene rings is 4. The van der Waals surface area contributed by atoms with Crippen LogP contribution in [-0.4, -0.2) is 94.2 Å². The van der Waals surface area contributed by atoms with Crippen LogP contribution in [0.4, 0.5) is 0 Å². The van der Waals surface area contributed by atoms with Gasteiger partial charge in [0.25, 0.3) is 0 Å². The van der Waals surface area contributed by atoms with Crippen LogP contribution in [0.3, 0.4) is 0 Å². The monoisotopic (exact) mass is 779 g/mol. The molecular formula is C47H45N3O8. The van der Waals surface area contributed by atoms with Crippen molar-refractivity contribution in [2.24, 2.45) is 0 Å². The molecule has 0 N–H and O–H groups in total. The van der Waals surface area contributed by atoms with Crippen molar-refractivity contribution in [2.45, 2.75) is 0 Å². The van der Waals surface area contributed by atoms with Gasteiger partial charge in [0.15, 0.2) is 0 Å². The number of hydrogen-bond acceptors (Lipinski definition) is 11. The maximum absolute atomic E-state index is 5.93. The highest BCUT2D eigenvalue weighted by atomic mass is 16.6. The molecule has 7 aromatic rings. The minimum atomic E-state index is 0.405. The molecule has 3 aromatic heterocycles. The molecule has 3 aliphatic rings. The van der Waals surface area contributed by atoms with E-state index in [9.17, 15) is 0 Å². The SMILES string of the molecule is c1cc2cc(c1)-c1cc(ccn1)OCCOCCOCCOc1ccc(cc1)-c1ccc3ccc4ccc(nc4c3n1)-c1ccc(cc1)OCCOCCOCCO2. The summed E-state index contributed by atoms with van der Waals surface area (Å²) in [5.41, 5.74) is 7.12. The summed E-state index contributed by atoms with van der Waals surface area (Å²) in [6.45, 7) is 5.27. The molecule has 0 saturated carbocycles. The van der Waals surface area contributed by atoms with E-state index < -0.39 is 0 Å². The van der Waals surface area contributed by atoms with Gasteiger partial charge in [-0.2, -0.15) is 0 Å². The molecule has 11 heteroatoms.